The van der Waals surface area contributed by atoms with Crippen molar-refractivity contribution in [3.05, 3.63) is 35.5 Å². The third-order valence-electron chi connectivity index (χ3n) is 2.92. The average Bonchev–Trinajstić information content (AvgIpc) is 2.35. The van der Waals surface area contributed by atoms with Crippen LogP contribution < -0.4 is 4.74 Å². The summed E-state index contributed by atoms with van der Waals surface area (Å²) in [6.45, 7) is 6.68. The molecule has 0 atom stereocenters. The van der Waals surface area contributed by atoms with Crippen LogP contribution in [0.5, 0.6) is 5.75 Å². The van der Waals surface area contributed by atoms with E-state index in [0.717, 1.165) is 27.9 Å². The molecule has 1 aromatic carbocycles. The van der Waals surface area contributed by atoms with E-state index in [-0.39, 0.29) is 6.42 Å². The van der Waals surface area contributed by atoms with E-state index in [1.165, 1.54) is 0 Å². The Labute approximate surface area is 118 Å². The highest BCUT2D eigenvalue weighted by Gasteiger charge is 2.09. The van der Waals surface area contributed by atoms with Crippen molar-refractivity contribution in [3.63, 3.8) is 0 Å². The fourth-order valence-electron chi connectivity index (χ4n) is 2.08. The molecule has 0 saturated heterocycles. The maximum atomic E-state index is 11.0. The van der Waals surface area contributed by atoms with Gasteiger partial charge in [-0.2, -0.15) is 0 Å². The monoisotopic (exact) mass is 273 g/mol. The largest absolute Gasteiger partial charge is 0.493 e. The van der Waals surface area contributed by atoms with Gasteiger partial charge in [-0.1, -0.05) is 13.8 Å². The summed E-state index contributed by atoms with van der Waals surface area (Å²) >= 11 is 0. The third kappa shape index (κ3) is 3.47. The molecule has 2 rings (SSSR count). The predicted octanol–water partition coefficient (Wildman–Crippen LogP) is 3.21. The molecular formula is C16H19NO3. The van der Waals surface area contributed by atoms with Crippen molar-refractivity contribution in [2.45, 2.75) is 27.2 Å². The van der Waals surface area contributed by atoms with Gasteiger partial charge in [-0.3, -0.25) is 9.78 Å². The molecule has 0 radical (unpaired) electrons. The minimum Gasteiger partial charge on any atom is -0.493 e. The summed E-state index contributed by atoms with van der Waals surface area (Å²) in [5, 5.41) is 9.86. The number of benzene rings is 1. The Morgan fingerprint density at radius 2 is 2.10 bits per heavy atom. The number of aromatic nitrogens is 1. The van der Waals surface area contributed by atoms with Crippen LogP contribution >= 0.6 is 0 Å². The summed E-state index contributed by atoms with van der Waals surface area (Å²) in [7, 11) is 0. The highest BCUT2D eigenvalue weighted by Crippen LogP contribution is 2.24. The smallest absolute Gasteiger partial charge is 0.307 e. The van der Waals surface area contributed by atoms with Gasteiger partial charge in [-0.25, -0.2) is 0 Å². The summed E-state index contributed by atoms with van der Waals surface area (Å²) in [4.78, 5) is 15.4. The zero-order valence-corrected chi connectivity index (χ0v) is 12.0. The van der Waals surface area contributed by atoms with E-state index in [9.17, 15) is 4.79 Å². The fraction of sp³-hybridized carbons (Fsp3) is 0.375. The molecule has 0 bridgehead atoms. The van der Waals surface area contributed by atoms with Crippen LogP contribution in [0.2, 0.25) is 0 Å². The number of pyridine rings is 1. The molecule has 0 amide bonds. The number of aliphatic carboxylic acids is 1. The van der Waals surface area contributed by atoms with Gasteiger partial charge in [0, 0.05) is 11.1 Å². The van der Waals surface area contributed by atoms with Crippen molar-refractivity contribution < 1.29 is 14.6 Å². The predicted molar refractivity (Wildman–Crippen MR) is 78.2 cm³/mol. The van der Waals surface area contributed by atoms with Crippen LogP contribution in [0.25, 0.3) is 10.9 Å². The average molecular weight is 273 g/mol. The molecule has 0 saturated carbocycles. The molecule has 0 aliphatic heterocycles. The van der Waals surface area contributed by atoms with Gasteiger partial charge >= 0.3 is 5.97 Å². The number of fused-ring (bicyclic) bond motifs is 1. The van der Waals surface area contributed by atoms with Gasteiger partial charge in [0.2, 0.25) is 0 Å². The van der Waals surface area contributed by atoms with E-state index in [1.807, 2.05) is 31.2 Å². The third-order valence-corrected chi connectivity index (χ3v) is 2.92. The van der Waals surface area contributed by atoms with Crippen LogP contribution in [0, 0.1) is 12.8 Å². The van der Waals surface area contributed by atoms with Gasteiger partial charge in [-0.05, 0) is 42.7 Å². The van der Waals surface area contributed by atoms with Crippen molar-refractivity contribution in [1.29, 1.82) is 0 Å². The van der Waals surface area contributed by atoms with E-state index in [1.54, 1.807) is 0 Å². The standard InChI is InChI=1S/C16H19NO3/c1-10(2)9-20-13-4-5-15-14(8-13)12(7-16(18)19)6-11(3)17-15/h4-6,8,10H,7,9H2,1-3H3,(H,18,19). The van der Waals surface area contributed by atoms with Crippen molar-refractivity contribution in [1.82, 2.24) is 4.98 Å². The lowest BCUT2D eigenvalue weighted by atomic mass is 10.0. The molecule has 4 heteroatoms. The highest BCUT2D eigenvalue weighted by molar-refractivity contribution is 5.87. The van der Waals surface area contributed by atoms with Crippen LogP contribution in [0.15, 0.2) is 24.3 Å². The lowest BCUT2D eigenvalue weighted by Crippen LogP contribution is -2.05. The second-order valence-electron chi connectivity index (χ2n) is 5.38. The number of carboxylic acids is 1. The van der Waals surface area contributed by atoms with Crippen molar-refractivity contribution in [3.8, 4) is 5.75 Å². The number of carboxylic acid groups (broad SMARTS) is 1. The molecule has 1 N–H and O–H groups in total. The Morgan fingerprint density at radius 1 is 1.35 bits per heavy atom. The molecule has 2 aromatic rings. The van der Waals surface area contributed by atoms with Crippen LogP contribution in [0.1, 0.15) is 25.1 Å². The SMILES string of the molecule is Cc1cc(CC(=O)O)c2cc(OCC(C)C)ccc2n1. The summed E-state index contributed by atoms with van der Waals surface area (Å²) in [5.74, 6) is 0.356. The molecule has 106 valence electrons. The lowest BCUT2D eigenvalue weighted by molar-refractivity contribution is -0.136. The van der Waals surface area contributed by atoms with Crippen LogP contribution in [-0.2, 0) is 11.2 Å². The maximum Gasteiger partial charge on any atom is 0.307 e. The van der Waals surface area contributed by atoms with E-state index in [2.05, 4.69) is 18.8 Å². The normalized spacial score (nSPS) is 11.0. The first-order chi connectivity index (χ1) is 9.45. The molecule has 20 heavy (non-hydrogen) atoms. The summed E-state index contributed by atoms with van der Waals surface area (Å²) in [5.41, 5.74) is 2.40. The van der Waals surface area contributed by atoms with Crippen LogP contribution in [-0.4, -0.2) is 22.7 Å². The minimum absolute atomic E-state index is 0.00645. The quantitative estimate of drug-likeness (QED) is 0.908. The van der Waals surface area contributed by atoms with Crippen molar-refractivity contribution in [2.75, 3.05) is 6.61 Å². The molecule has 4 nitrogen and oxygen atoms in total. The van der Waals surface area contributed by atoms with Gasteiger partial charge in [0.25, 0.3) is 0 Å². The second kappa shape index (κ2) is 5.90. The maximum absolute atomic E-state index is 11.0. The molecule has 0 aliphatic carbocycles. The van der Waals surface area contributed by atoms with Gasteiger partial charge < -0.3 is 9.84 Å². The second-order valence-corrected chi connectivity index (χ2v) is 5.38. The number of hydrogen-bond acceptors (Lipinski definition) is 3. The number of nitrogens with zero attached hydrogens (tertiary/aromatic N) is 1. The lowest BCUT2D eigenvalue weighted by Gasteiger charge is -2.11. The van der Waals surface area contributed by atoms with Gasteiger partial charge in [-0.15, -0.1) is 0 Å². The van der Waals surface area contributed by atoms with Gasteiger partial charge in [0.1, 0.15) is 5.75 Å². The van der Waals surface area contributed by atoms with E-state index in [0.29, 0.717) is 12.5 Å². The van der Waals surface area contributed by atoms with Crippen LogP contribution in [0.3, 0.4) is 0 Å². The Bertz CT molecular complexity index is 635. The van der Waals surface area contributed by atoms with Crippen molar-refractivity contribution >= 4 is 16.9 Å². The first-order valence-electron chi connectivity index (χ1n) is 6.70. The zero-order valence-electron chi connectivity index (χ0n) is 12.0. The minimum atomic E-state index is -0.842. The Kier molecular flexibility index (Phi) is 4.23. The van der Waals surface area contributed by atoms with E-state index >= 15 is 0 Å². The molecule has 0 unspecified atom stereocenters. The summed E-state index contributed by atoms with van der Waals surface area (Å²) in [6.07, 6.45) is -0.00645. The van der Waals surface area contributed by atoms with E-state index in [4.69, 9.17) is 9.84 Å². The zero-order chi connectivity index (χ0) is 14.7. The summed E-state index contributed by atoms with van der Waals surface area (Å²) in [6, 6.07) is 7.45. The van der Waals surface area contributed by atoms with E-state index < -0.39 is 5.97 Å². The molecule has 0 spiro atoms. The van der Waals surface area contributed by atoms with Crippen LogP contribution in [0.4, 0.5) is 0 Å². The van der Waals surface area contributed by atoms with Crippen molar-refractivity contribution in [2.24, 2.45) is 5.92 Å². The summed E-state index contributed by atoms with van der Waals surface area (Å²) < 4.78 is 5.69. The Hall–Kier alpha value is -2.10. The topological polar surface area (TPSA) is 59.4 Å². The number of carbonyl (C=O) groups is 1. The Balaban J connectivity index is 2.42. The fourth-order valence-corrected chi connectivity index (χ4v) is 2.08. The molecule has 0 aliphatic rings. The number of hydrogen-bond donors (Lipinski definition) is 1. The number of ether oxygens (including phenoxy) is 1. The highest BCUT2D eigenvalue weighted by atomic mass is 16.5. The van der Waals surface area contributed by atoms with Gasteiger partial charge in [0.15, 0.2) is 0 Å². The molecule has 0 fully saturated rings. The Morgan fingerprint density at radius 3 is 2.75 bits per heavy atom. The molecular weight excluding hydrogens is 254 g/mol. The van der Waals surface area contributed by atoms with Gasteiger partial charge in [0.05, 0.1) is 18.5 Å². The molecule has 1 heterocycles. The first-order valence-corrected chi connectivity index (χ1v) is 6.70. The molecule has 1 aromatic heterocycles. The number of aryl methyl sites for hydroxylation is 1. The first kappa shape index (κ1) is 14.3. The number of rotatable bonds is 5.